The van der Waals surface area contributed by atoms with Gasteiger partial charge in [0.1, 0.15) is 12.2 Å². The minimum absolute atomic E-state index is 0.144. The Morgan fingerprint density at radius 3 is 2.88 bits per heavy atom. The van der Waals surface area contributed by atoms with E-state index in [4.69, 9.17) is 11.6 Å². The Morgan fingerprint density at radius 1 is 1.20 bits per heavy atom. The van der Waals surface area contributed by atoms with Gasteiger partial charge in [0.25, 0.3) is 0 Å². The number of para-hydroxylation sites is 2. The van der Waals surface area contributed by atoms with Gasteiger partial charge in [0.05, 0.1) is 11.0 Å². The quantitative estimate of drug-likeness (QED) is 0.768. The molecule has 0 saturated carbocycles. The van der Waals surface area contributed by atoms with Gasteiger partial charge in [0, 0.05) is 23.3 Å². The van der Waals surface area contributed by atoms with Gasteiger partial charge in [-0.25, -0.2) is 4.98 Å². The van der Waals surface area contributed by atoms with Gasteiger partial charge in [-0.2, -0.15) is 0 Å². The number of nitrogens with one attached hydrogen (secondary N) is 1. The molecule has 1 N–H and O–H groups in total. The van der Waals surface area contributed by atoms with Crippen molar-refractivity contribution in [3.63, 3.8) is 0 Å². The van der Waals surface area contributed by atoms with Crippen LogP contribution in [0.25, 0.3) is 16.7 Å². The van der Waals surface area contributed by atoms with E-state index >= 15 is 0 Å². The van der Waals surface area contributed by atoms with Crippen LogP contribution < -0.4 is 5.32 Å². The predicted molar refractivity (Wildman–Crippen MR) is 101 cm³/mol. The SMILES string of the molecule is O=C(Cn1c(C2=CCC=N2)nc2ccccc21)Nc1cccc(Cl)c1. The number of carbonyl (C=O) groups excluding carboxylic acids is 1. The Balaban J connectivity index is 1.67. The van der Waals surface area contributed by atoms with Crippen LogP contribution in [0.4, 0.5) is 5.69 Å². The van der Waals surface area contributed by atoms with Gasteiger partial charge in [0.15, 0.2) is 5.82 Å². The third kappa shape index (κ3) is 3.19. The summed E-state index contributed by atoms with van der Waals surface area (Å²) in [5.41, 5.74) is 3.21. The second kappa shape index (κ2) is 6.53. The van der Waals surface area contributed by atoms with Crippen molar-refractivity contribution in [2.75, 3.05) is 5.32 Å². The van der Waals surface area contributed by atoms with Gasteiger partial charge >= 0.3 is 0 Å². The van der Waals surface area contributed by atoms with Crippen LogP contribution in [0.2, 0.25) is 5.02 Å². The first kappa shape index (κ1) is 15.6. The molecule has 1 amide bonds. The van der Waals surface area contributed by atoms with E-state index in [0.29, 0.717) is 16.5 Å². The molecule has 0 unspecified atom stereocenters. The van der Waals surface area contributed by atoms with Crippen LogP contribution in [0.15, 0.2) is 59.6 Å². The molecule has 5 nitrogen and oxygen atoms in total. The first-order chi connectivity index (χ1) is 12.2. The summed E-state index contributed by atoms with van der Waals surface area (Å²) in [6, 6.07) is 14.8. The number of hydrogen-bond donors (Lipinski definition) is 1. The zero-order valence-electron chi connectivity index (χ0n) is 13.3. The van der Waals surface area contributed by atoms with Gasteiger partial charge < -0.3 is 9.88 Å². The van der Waals surface area contributed by atoms with Crippen molar-refractivity contribution in [1.29, 1.82) is 0 Å². The van der Waals surface area contributed by atoms with Crippen molar-refractivity contribution in [1.82, 2.24) is 9.55 Å². The van der Waals surface area contributed by atoms with Crippen LogP contribution in [0.5, 0.6) is 0 Å². The van der Waals surface area contributed by atoms with Gasteiger partial charge in [-0.1, -0.05) is 29.8 Å². The second-order valence-corrected chi connectivity index (χ2v) is 6.14. The average molecular weight is 351 g/mol. The average Bonchev–Trinajstić information content (AvgIpc) is 3.23. The molecule has 6 heteroatoms. The molecule has 0 fully saturated rings. The van der Waals surface area contributed by atoms with E-state index in [-0.39, 0.29) is 12.5 Å². The normalized spacial score (nSPS) is 13.2. The number of fused-ring (bicyclic) bond motifs is 1. The number of carbonyl (C=O) groups is 1. The van der Waals surface area contributed by atoms with Gasteiger partial charge in [-0.3, -0.25) is 9.79 Å². The summed E-state index contributed by atoms with van der Waals surface area (Å²) in [5.74, 6) is 0.561. The number of nitrogens with zero attached hydrogens (tertiary/aromatic N) is 3. The van der Waals surface area contributed by atoms with Crippen molar-refractivity contribution >= 4 is 46.1 Å². The molecule has 2 heterocycles. The van der Waals surface area contributed by atoms with Crippen molar-refractivity contribution in [3.8, 4) is 0 Å². The van der Waals surface area contributed by atoms with E-state index in [1.165, 1.54) is 0 Å². The fourth-order valence-corrected chi connectivity index (χ4v) is 3.05. The molecule has 0 saturated heterocycles. The Labute approximate surface area is 149 Å². The largest absolute Gasteiger partial charge is 0.324 e. The lowest BCUT2D eigenvalue weighted by atomic mass is 10.3. The van der Waals surface area contributed by atoms with Crippen LogP contribution in [0.3, 0.4) is 0 Å². The maximum Gasteiger partial charge on any atom is 0.244 e. The van der Waals surface area contributed by atoms with Crippen LogP contribution in [-0.2, 0) is 11.3 Å². The number of aliphatic imine (C=N–C) groups is 1. The summed E-state index contributed by atoms with van der Waals surface area (Å²) in [7, 11) is 0. The Hall–Kier alpha value is -2.92. The molecular formula is C19H15ClN4O. The molecule has 0 aliphatic carbocycles. The smallest absolute Gasteiger partial charge is 0.244 e. The van der Waals surface area contributed by atoms with Crippen LogP contribution in [0, 0.1) is 0 Å². The first-order valence-corrected chi connectivity index (χ1v) is 8.32. The summed E-state index contributed by atoms with van der Waals surface area (Å²) in [5, 5.41) is 3.45. The molecule has 0 spiro atoms. The Morgan fingerprint density at radius 2 is 2.08 bits per heavy atom. The third-order valence-electron chi connectivity index (χ3n) is 3.94. The third-order valence-corrected chi connectivity index (χ3v) is 4.18. The number of benzene rings is 2. The number of halogens is 1. The number of rotatable bonds is 4. The maximum absolute atomic E-state index is 12.5. The summed E-state index contributed by atoms with van der Waals surface area (Å²) >= 11 is 5.97. The number of imidazole rings is 1. The summed E-state index contributed by atoms with van der Waals surface area (Å²) in [6.45, 7) is 0.148. The lowest BCUT2D eigenvalue weighted by molar-refractivity contribution is -0.116. The van der Waals surface area contributed by atoms with Gasteiger partial charge in [-0.15, -0.1) is 0 Å². The molecule has 1 aliphatic heterocycles. The van der Waals surface area contributed by atoms with Crippen LogP contribution in [-0.4, -0.2) is 21.7 Å². The minimum Gasteiger partial charge on any atom is -0.324 e. The fraction of sp³-hybridized carbons (Fsp3) is 0.105. The Kier molecular flexibility index (Phi) is 4.07. The second-order valence-electron chi connectivity index (χ2n) is 5.71. The van der Waals surface area contributed by atoms with E-state index in [1.54, 1.807) is 24.3 Å². The molecule has 1 aromatic heterocycles. The monoisotopic (exact) mass is 350 g/mol. The van der Waals surface area contributed by atoms with Crippen molar-refractivity contribution in [2.45, 2.75) is 13.0 Å². The highest BCUT2D eigenvalue weighted by atomic mass is 35.5. The summed E-state index contributed by atoms with van der Waals surface area (Å²) in [6.07, 6.45) is 4.63. The van der Waals surface area contributed by atoms with Crippen LogP contribution in [0.1, 0.15) is 12.2 Å². The number of anilines is 1. The molecule has 0 radical (unpaired) electrons. The van der Waals surface area contributed by atoms with E-state index in [9.17, 15) is 4.79 Å². The molecule has 25 heavy (non-hydrogen) atoms. The lowest BCUT2D eigenvalue weighted by Crippen LogP contribution is -2.19. The molecule has 0 atom stereocenters. The first-order valence-electron chi connectivity index (χ1n) is 7.94. The maximum atomic E-state index is 12.5. The van der Waals surface area contributed by atoms with Gasteiger partial charge in [-0.05, 0) is 36.4 Å². The Bertz CT molecular complexity index is 1020. The molecule has 0 bridgehead atoms. The van der Waals surface area contributed by atoms with E-state index < -0.39 is 0 Å². The lowest BCUT2D eigenvalue weighted by Gasteiger charge is -2.10. The number of aromatic nitrogens is 2. The highest BCUT2D eigenvalue weighted by Crippen LogP contribution is 2.25. The predicted octanol–water partition coefficient (Wildman–Crippen LogP) is 4.14. The standard InChI is InChI=1S/C19H15ClN4O/c20-13-5-3-6-14(11-13)22-18(25)12-24-17-9-2-1-7-15(17)23-19(24)16-8-4-10-21-16/h1-3,5-11H,4,12H2,(H,22,25). The number of amides is 1. The molecular weight excluding hydrogens is 336 g/mol. The minimum atomic E-state index is -0.144. The van der Waals surface area contributed by atoms with Crippen molar-refractivity contribution < 1.29 is 4.79 Å². The summed E-state index contributed by atoms with van der Waals surface area (Å²) in [4.78, 5) is 21.6. The van der Waals surface area contributed by atoms with Crippen LogP contribution >= 0.6 is 11.6 Å². The molecule has 124 valence electrons. The van der Waals surface area contributed by atoms with Crippen molar-refractivity contribution in [2.24, 2.45) is 4.99 Å². The van der Waals surface area contributed by atoms with E-state index in [0.717, 1.165) is 23.2 Å². The number of hydrogen-bond acceptors (Lipinski definition) is 3. The topological polar surface area (TPSA) is 59.3 Å². The summed E-state index contributed by atoms with van der Waals surface area (Å²) < 4.78 is 1.89. The van der Waals surface area contributed by atoms with E-state index in [1.807, 2.05) is 41.1 Å². The molecule has 1 aliphatic rings. The highest BCUT2D eigenvalue weighted by molar-refractivity contribution is 6.30. The zero-order chi connectivity index (χ0) is 17.2. The fourth-order valence-electron chi connectivity index (χ4n) is 2.86. The highest BCUT2D eigenvalue weighted by Gasteiger charge is 2.17. The molecule has 3 aromatic rings. The molecule has 2 aromatic carbocycles. The van der Waals surface area contributed by atoms with Gasteiger partial charge in [0.2, 0.25) is 5.91 Å². The zero-order valence-corrected chi connectivity index (χ0v) is 14.1. The number of allylic oxidation sites excluding steroid dienone is 1. The van der Waals surface area contributed by atoms with Crippen molar-refractivity contribution in [3.05, 3.63) is 65.5 Å². The molecule has 4 rings (SSSR count). The van der Waals surface area contributed by atoms with E-state index in [2.05, 4.69) is 15.3 Å².